The minimum atomic E-state index is -4.37. The third kappa shape index (κ3) is 4.25. The lowest BCUT2D eigenvalue weighted by molar-refractivity contribution is -0.178. The number of amides is 1. The number of rotatable bonds is 4. The van der Waals surface area contributed by atoms with E-state index in [1.165, 1.54) is 18.0 Å². The van der Waals surface area contributed by atoms with Gasteiger partial charge in [-0.05, 0) is 31.9 Å². The van der Waals surface area contributed by atoms with Gasteiger partial charge in [0.2, 0.25) is 5.91 Å². The molecule has 1 aliphatic heterocycles. The molecule has 1 aromatic carbocycles. The van der Waals surface area contributed by atoms with Gasteiger partial charge in [-0.2, -0.15) is 13.2 Å². The Balaban J connectivity index is 1.63. The molecule has 1 fully saturated rings. The molecule has 1 saturated heterocycles. The van der Waals surface area contributed by atoms with E-state index in [1.54, 1.807) is 18.5 Å². The van der Waals surface area contributed by atoms with E-state index in [2.05, 4.69) is 20.6 Å². The van der Waals surface area contributed by atoms with Gasteiger partial charge in [0, 0.05) is 18.3 Å². The van der Waals surface area contributed by atoms with E-state index in [9.17, 15) is 18.0 Å². The normalized spacial score (nSPS) is 19.7. The van der Waals surface area contributed by atoms with Crippen molar-refractivity contribution in [2.75, 3.05) is 13.7 Å². The third-order valence-corrected chi connectivity index (χ3v) is 5.36. The number of hydrogen-bond acceptors (Lipinski definition) is 5. The molecule has 1 N–H and O–H groups in total. The Morgan fingerprint density at radius 1 is 1.26 bits per heavy atom. The Bertz CT molecular complexity index is 1090. The lowest BCUT2D eigenvalue weighted by Crippen LogP contribution is -2.31. The fraction of sp³-hybridized carbons (Fsp3) is 0.400. The summed E-state index contributed by atoms with van der Waals surface area (Å²) in [7, 11) is 1.54. The molecule has 0 saturated carbocycles. The van der Waals surface area contributed by atoms with E-state index < -0.39 is 24.0 Å². The zero-order valence-corrected chi connectivity index (χ0v) is 16.9. The third-order valence-electron chi connectivity index (χ3n) is 5.36. The van der Waals surface area contributed by atoms with Gasteiger partial charge in [0.25, 0.3) is 0 Å². The summed E-state index contributed by atoms with van der Waals surface area (Å²) < 4.78 is 48.3. The van der Waals surface area contributed by atoms with Crippen LogP contribution in [0.1, 0.15) is 24.6 Å². The summed E-state index contributed by atoms with van der Waals surface area (Å²) in [5, 5.41) is 10.6. The van der Waals surface area contributed by atoms with Gasteiger partial charge in [-0.25, -0.2) is 9.67 Å². The lowest BCUT2D eigenvalue weighted by Gasteiger charge is -2.20. The van der Waals surface area contributed by atoms with Crippen molar-refractivity contribution in [3.8, 4) is 22.7 Å². The van der Waals surface area contributed by atoms with Crippen LogP contribution in [0, 0.1) is 12.8 Å². The molecule has 31 heavy (non-hydrogen) atoms. The molecule has 2 atom stereocenters. The topological polar surface area (TPSA) is 86.9 Å². The van der Waals surface area contributed by atoms with Gasteiger partial charge < -0.3 is 14.6 Å². The number of nitrogens with one attached hydrogen (secondary N) is 1. The average Bonchev–Trinajstić information content (AvgIpc) is 3.33. The number of alkyl halides is 3. The second-order valence-corrected chi connectivity index (χ2v) is 7.46. The molecular weight excluding hydrogens is 413 g/mol. The summed E-state index contributed by atoms with van der Waals surface area (Å²) in [5.74, 6) is -1.51. The number of halogens is 3. The quantitative estimate of drug-likeness (QED) is 0.682. The van der Waals surface area contributed by atoms with Crippen LogP contribution in [0.5, 0.6) is 5.75 Å². The minimum absolute atomic E-state index is 0.0204. The molecule has 8 nitrogen and oxygen atoms in total. The SMILES string of the molecule is COc1cc(-c2cn(C3CC(C(F)(F)F)CCNC3=O)nn2)ccc1-n1cnc(C)c1. The maximum atomic E-state index is 13.3. The zero-order valence-electron chi connectivity index (χ0n) is 16.9. The van der Waals surface area contributed by atoms with Crippen LogP contribution in [0.15, 0.2) is 36.9 Å². The van der Waals surface area contributed by atoms with Crippen molar-refractivity contribution in [2.45, 2.75) is 32.0 Å². The Labute approximate surface area is 176 Å². The molecule has 3 heterocycles. The summed E-state index contributed by atoms with van der Waals surface area (Å²) in [6, 6.07) is 4.30. The molecule has 0 bridgehead atoms. The zero-order chi connectivity index (χ0) is 22.2. The Morgan fingerprint density at radius 3 is 2.74 bits per heavy atom. The van der Waals surface area contributed by atoms with Crippen LogP contribution in [-0.2, 0) is 4.79 Å². The molecule has 4 rings (SSSR count). The van der Waals surface area contributed by atoms with E-state index in [-0.39, 0.29) is 19.4 Å². The number of carbonyl (C=O) groups is 1. The first-order chi connectivity index (χ1) is 14.8. The van der Waals surface area contributed by atoms with Crippen LogP contribution in [-0.4, -0.2) is 50.3 Å². The Morgan fingerprint density at radius 2 is 2.06 bits per heavy atom. The minimum Gasteiger partial charge on any atom is -0.495 e. The predicted octanol–water partition coefficient (Wildman–Crippen LogP) is 3.08. The Hall–Kier alpha value is -3.37. The molecule has 1 amide bonds. The van der Waals surface area contributed by atoms with Crippen molar-refractivity contribution >= 4 is 5.91 Å². The maximum absolute atomic E-state index is 13.3. The van der Waals surface area contributed by atoms with Gasteiger partial charge in [-0.3, -0.25) is 4.79 Å². The number of ether oxygens (including phenoxy) is 1. The van der Waals surface area contributed by atoms with Crippen LogP contribution in [0.2, 0.25) is 0 Å². The first-order valence-electron chi connectivity index (χ1n) is 9.72. The van der Waals surface area contributed by atoms with E-state index in [0.29, 0.717) is 17.0 Å². The summed E-state index contributed by atoms with van der Waals surface area (Å²) in [4.78, 5) is 16.5. The molecule has 2 unspecified atom stereocenters. The summed E-state index contributed by atoms with van der Waals surface area (Å²) in [6.45, 7) is 1.86. The maximum Gasteiger partial charge on any atom is 0.391 e. The standard InChI is InChI=1S/C20H21F3N6O2/c1-12-9-28(11-25-12)16-4-3-13(7-18(16)31-2)15-10-29(27-26-15)17-8-14(20(21,22)23)5-6-24-19(17)30/h3-4,7,9-11,14,17H,5-6,8H2,1-2H3,(H,24,30). The average molecular weight is 434 g/mol. The van der Waals surface area contributed by atoms with Crippen LogP contribution in [0.3, 0.4) is 0 Å². The number of hydrogen-bond donors (Lipinski definition) is 1. The van der Waals surface area contributed by atoms with Gasteiger partial charge in [-0.15, -0.1) is 5.10 Å². The van der Waals surface area contributed by atoms with E-state index in [4.69, 9.17) is 4.74 Å². The first-order valence-corrected chi connectivity index (χ1v) is 9.72. The number of imidazole rings is 1. The number of aryl methyl sites for hydroxylation is 1. The highest BCUT2D eigenvalue weighted by Gasteiger charge is 2.43. The van der Waals surface area contributed by atoms with Crippen molar-refractivity contribution in [3.63, 3.8) is 0 Å². The summed E-state index contributed by atoms with van der Waals surface area (Å²) >= 11 is 0. The van der Waals surface area contributed by atoms with E-state index >= 15 is 0 Å². The number of aromatic nitrogens is 5. The second kappa shape index (κ2) is 8.05. The number of methoxy groups -OCH3 is 1. The molecule has 11 heteroatoms. The molecule has 3 aromatic rings. The number of benzene rings is 1. The fourth-order valence-electron chi connectivity index (χ4n) is 3.67. The van der Waals surface area contributed by atoms with Crippen molar-refractivity contribution in [2.24, 2.45) is 5.92 Å². The van der Waals surface area contributed by atoms with Crippen LogP contribution >= 0.6 is 0 Å². The molecule has 0 spiro atoms. The van der Waals surface area contributed by atoms with Gasteiger partial charge in [0.05, 0.1) is 36.9 Å². The number of carbonyl (C=O) groups excluding carboxylic acids is 1. The Kier molecular flexibility index (Phi) is 5.42. The fourth-order valence-corrected chi connectivity index (χ4v) is 3.67. The smallest absolute Gasteiger partial charge is 0.391 e. The van der Waals surface area contributed by atoms with Gasteiger partial charge in [0.15, 0.2) is 0 Å². The highest BCUT2D eigenvalue weighted by Crippen LogP contribution is 2.36. The van der Waals surface area contributed by atoms with Crippen molar-refractivity contribution < 1.29 is 22.7 Å². The molecule has 0 aliphatic carbocycles. The molecule has 2 aromatic heterocycles. The molecule has 164 valence electrons. The lowest BCUT2D eigenvalue weighted by atomic mass is 9.97. The predicted molar refractivity (Wildman–Crippen MR) is 105 cm³/mol. The molecule has 1 aliphatic rings. The summed E-state index contributed by atoms with van der Waals surface area (Å²) in [5.41, 5.74) is 2.71. The van der Waals surface area contributed by atoms with Crippen LogP contribution in [0.25, 0.3) is 16.9 Å². The van der Waals surface area contributed by atoms with Gasteiger partial charge >= 0.3 is 6.18 Å². The molecular formula is C20H21F3N6O2. The van der Waals surface area contributed by atoms with E-state index in [0.717, 1.165) is 11.4 Å². The second-order valence-electron chi connectivity index (χ2n) is 7.46. The largest absolute Gasteiger partial charge is 0.495 e. The van der Waals surface area contributed by atoms with Crippen molar-refractivity contribution in [1.82, 2.24) is 29.9 Å². The highest BCUT2D eigenvalue weighted by molar-refractivity contribution is 5.80. The first kappa shape index (κ1) is 20.9. The molecule has 0 radical (unpaired) electrons. The summed E-state index contributed by atoms with van der Waals surface area (Å²) in [6.07, 6.45) is 0.113. The van der Waals surface area contributed by atoms with Gasteiger partial charge in [-0.1, -0.05) is 11.3 Å². The van der Waals surface area contributed by atoms with Crippen molar-refractivity contribution in [3.05, 3.63) is 42.6 Å². The monoisotopic (exact) mass is 434 g/mol. The van der Waals surface area contributed by atoms with Crippen LogP contribution < -0.4 is 10.1 Å². The highest BCUT2D eigenvalue weighted by atomic mass is 19.4. The van der Waals surface area contributed by atoms with Gasteiger partial charge in [0.1, 0.15) is 17.5 Å². The number of nitrogens with zero attached hydrogens (tertiary/aromatic N) is 5. The van der Waals surface area contributed by atoms with E-state index in [1.807, 2.05) is 23.8 Å². The van der Waals surface area contributed by atoms with Crippen molar-refractivity contribution in [1.29, 1.82) is 0 Å². The van der Waals surface area contributed by atoms with Crippen LogP contribution in [0.4, 0.5) is 13.2 Å².